The van der Waals surface area contributed by atoms with Crippen LogP contribution in [0, 0.1) is 23.7 Å². The summed E-state index contributed by atoms with van der Waals surface area (Å²) in [6.07, 6.45) is 5.96. The van der Waals surface area contributed by atoms with E-state index in [1.54, 1.807) is 5.38 Å². The van der Waals surface area contributed by atoms with Crippen molar-refractivity contribution in [1.82, 2.24) is 4.98 Å². The van der Waals surface area contributed by atoms with Crippen molar-refractivity contribution in [3.63, 3.8) is 0 Å². The molecule has 0 spiro atoms. The van der Waals surface area contributed by atoms with Crippen LogP contribution in [0.2, 0.25) is 0 Å². The standard InChI is InChI=1S/C18H17N3O5S2/c22-16(14-10-1-2-11(9-10)15(14)17(23)24)20-12-3-5-13(6-4-12)28(25,26)21-18-19-7-8-27-18/h1-8,10-11,14-15H,9H2,(H,19,21)(H,20,22)(H,23,24)/t10-,11-,14+,15+/m0/s1. The average molecular weight is 419 g/mol. The molecular formula is C18H17N3O5S2. The van der Waals surface area contributed by atoms with E-state index in [0.29, 0.717) is 12.1 Å². The average Bonchev–Trinajstić information content (AvgIpc) is 3.38. The van der Waals surface area contributed by atoms with Gasteiger partial charge in [0.05, 0.1) is 16.7 Å². The lowest BCUT2D eigenvalue weighted by atomic mass is 9.82. The summed E-state index contributed by atoms with van der Waals surface area (Å²) in [6.45, 7) is 0. The van der Waals surface area contributed by atoms with E-state index >= 15 is 0 Å². The number of carbonyl (C=O) groups excluding carboxylic acids is 1. The van der Waals surface area contributed by atoms with Crippen molar-refractivity contribution in [3.05, 3.63) is 48.0 Å². The fourth-order valence-electron chi connectivity index (χ4n) is 3.91. The van der Waals surface area contributed by atoms with Gasteiger partial charge >= 0.3 is 5.97 Å². The summed E-state index contributed by atoms with van der Waals surface area (Å²) in [6, 6.07) is 5.71. The molecule has 0 unspecified atom stereocenters. The van der Waals surface area contributed by atoms with E-state index in [1.807, 2.05) is 12.2 Å². The summed E-state index contributed by atoms with van der Waals surface area (Å²) in [7, 11) is -3.77. The number of rotatable bonds is 6. The molecule has 1 aromatic heterocycles. The number of sulfonamides is 1. The Balaban J connectivity index is 1.47. The summed E-state index contributed by atoms with van der Waals surface area (Å²) >= 11 is 1.17. The Morgan fingerprint density at radius 3 is 2.39 bits per heavy atom. The fourth-order valence-corrected chi connectivity index (χ4v) is 5.70. The van der Waals surface area contributed by atoms with Crippen molar-refractivity contribution < 1.29 is 23.1 Å². The van der Waals surface area contributed by atoms with Gasteiger partial charge in [-0.25, -0.2) is 13.4 Å². The van der Waals surface area contributed by atoms with E-state index < -0.39 is 27.8 Å². The number of carboxylic acids is 1. The molecular weight excluding hydrogens is 402 g/mol. The number of allylic oxidation sites excluding steroid dienone is 2. The number of anilines is 2. The van der Waals surface area contributed by atoms with Gasteiger partial charge in [0.15, 0.2) is 5.13 Å². The monoisotopic (exact) mass is 419 g/mol. The maximum absolute atomic E-state index is 12.7. The number of nitrogens with zero attached hydrogens (tertiary/aromatic N) is 1. The highest BCUT2D eigenvalue weighted by Crippen LogP contribution is 2.48. The Morgan fingerprint density at radius 1 is 1.11 bits per heavy atom. The van der Waals surface area contributed by atoms with E-state index in [2.05, 4.69) is 15.0 Å². The minimum Gasteiger partial charge on any atom is -0.481 e. The Kier molecular flexibility index (Phi) is 4.68. The zero-order chi connectivity index (χ0) is 19.9. The molecule has 1 amide bonds. The van der Waals surface area contributed by atoms with E-state index in [1.165, 1.54) is 41.8 Å². The van der Waals surface area contributed by atoms with Crippen LogP contribution in [0.1, 0.15) is 6.42 Å². The lowest BCUT2D eigenvalue weighted by Gasteiger charge is -2.23. The van der Waals surface area contributed by atoms with Crippen molar-refractivity contribution in [2.24, 2.45) is 23.7 Å². The van der Waals surface area contributed by atoms with Gasteiger partial charge in [0.25, 0.3) is 10.0 Å². The first-order valence-electron chi connectivity index (χ1n) is 8.59. The molecule has 0 saturated heterocycles. The second-order valence-corrected chi connectivity index (χ2v) is 9.37. The van der Waals surface area contributed by atoms with Gasteiger partial charge in [-0.2, -0.15) is 0 Å². The van der Waals surface area contributed by atoms with Crippen molar-refractivity contribution in [1.29, 1.82) is 0 Å². The molecule has 28 heavy (non-hydrogen) atoms. The first kappa shape index (κ1) is 18.6. The Morgan fingerprint density at radius 2 is 1.79 bits per heavy atom. The molecule has 4 atom stereocenters. The zero-order valence-corrected chi connectivity index (χ0v) is 16.1. The number of carboxylic acid groups (broad SMARTS) is 1. The highest BCUT2D eigenvalue weighted by molar-refractivity contribution is 7.93. The molecule has 0 radical (unpaired) electrons. The Hall–Kier alpha value is -2.72. The SMILES string of the molecule is O=C(O)[C@H]1[C@H](C(=O)Nc2ccc(S(=O)(=O)Nc3nccs3)cc2)[C@H]2C=C[C@H]1C2. The number of thiazole rings is 1. The topological polar surface area (TPSA) is 125 Å². The van der Waals surface area contributed by atoms with Gasteiger partial charge in [-0.15, -0.1) is 11.3 Å². The zero-order valence-electron chi connectivity index (χ0n) is 14.5. The van der Waals surface area contributed by atoms with Gasteiger partial charge in [-0.3, -0.25) is 14.3 Å². The van der Waals surface area contributed by atoms with Crippen molar-refractivity contribution >= 4 is 44.1 Å². The third-order valence-electron chi connectivity index (χ3n) is 5.13. The number of benzene rings is 1. The molecule has 10 heteroatoms. The molecule has 1 saturated carbocycles. The molecule has 3 N–H and O–H groups in total. The molecule has 1 fully saturated rings. The Labute approximate surface area is 165 Å². The van der Waals surface area contributed by atoms with Crippen LogP contribution in [-0.4, -0.2) is 30.4 Å². The second kappa shape index (κ2) is 7.02. The minimum absolute atomic E-state index is 0.0342. The van der Waals surface area contributed by atoms with Crippen LogP contribution in [0.3, 0.4) is 0 Å². The third-order valence-corrected chi connectivity index (χ3v) is 7.31. The van der Waals surface area contributed by atoms with E-state index in [0.717, 1.165) is 0 Å². The third kappa shape index (κ3) is 3.40. The van der Waals surface area contributed by atoms with Crippen LogP contribution in [0.15, 0.2) is 52.9 Å². The molecule has 2 aromatic rings. The van der Waals surface area contributed by atoms with Gasteiger partial charge in [0.2, 0.25) is 5.91 Å². The number of nitrogens with one attached hydrogen (secondary N) is 2. The molecule has 2 aliphatic carbocycles. The molecule has 1 aromatic carbocycles. The largest absolute Gasteiger partial charge is 0.481 e. The first-order chi connectivity index (χ1) is 13.3. The second-order valence-electron chi connectivity index (χ2n) is 6.79. The van der Waals surface area contributed by atoms with Crippen molar-refractivity contribution in [2.45, 2.75) is 11.3 Å². The lowest BCUT2D eigenvalue weighted by molar-refractivity contribution is -0.146. The summed E-state index contributed by atoms with van der Waals surface area (Å²) in [5.74, 6) is -2.86. The molecule has 0 aliphatic heterocycles. The maximum Gasteiger partial charge on any atom is 0.307 e. The van der Waals surface area contributed by atoms with Crippen LogP contribution < -0.4 is 10.0 Å². The van der Waals surface area contributed by atoms with Gasteiger partial charge in [-0.05, 0) is 42.5 Å². The molecule has 8 nitrogen and oxygen atoms in total. The number of aliphatic carboxylic acids is 1. The minimum atomic E-state index is -3.77. The number of amides is 1. The predicted octanol–water partition coefficient (Wildman–Crippen LogP) is 2.41. The first-order valence-corrected chi connectivity index (χ1v) is 11.0. The fraction of sp³-hybridized carbons (Fsp3) is 0.278. The van der Waals surface area contributed by atoms with Gasteiger partial charge in [-0.1, -0.05) is 12.2 Å². The number of aromatic nitrogens is 1. The molecule has 4 rings (SSSR count). The summed E-state index contributed by atoms with van der Waals surface area (Å²) in [5.41, 5.74) is 0.411. The molecule has 2 aliphatic rings. The number of fused-ring (bicyclic) bond motifs is 2. The van der Waals surface area contributed by atoms with Crippen LogP contribution in [0.25, 0.3) is 0 Å². The molecule has 146 valence electrons. The maximum atomic E-state index is 12.7. The van der Waals surface area contributed by atoms with Crippen LogP contribution >= 0.6 is 11.3 Å². The highest BCUT2D eigenvalue weighted by Gasteiger charge is 2.51. The van der Waals surface area contributed by atoms with E-state index in [4.69, 9.17) is 0 Å². The lowest BCUT2D eigenvalue weighted by Crippen LogP contribution is -2.36. The summed E-state index contributed by atoms with van der Waals surface area (Å²) < 4.78 is 27.1. The smallest absolute Gasteiger partial charge is 0.307 e. The van der Waals surface area contributed by atoms with Crippen LogP contribution in [0.4, 0.5) is 10.8 Å². The van der Waals surface area contributed by atoms with Gasteiger partial charge in [0, 0.05) is 17.3 Å². The summed E-state index contributed by atoms with van der Waals surface area (Å²) in [5, 5.41) is 14.1. The predicted molar refractivity (Wildman–Crippen MR) is 103 cm³/mol. The number of carbonyl (C=O) groups is 2. The normalized spacial score (nSPS) is 25.6. The Bertz CT molecular complexity index is 1030. The molecule has 1 heterocycles. The number of hydrogen-bond donors (Lipinski definition) is 3. The molecule has 2 bridgehead atoms. The van der Waals surface area contributed by atoms with Gasteiger partial charge in [0.1, 0.15) is 0 Å². The van der Waals surface area contributed by atoms with Crippen LogP contribution in [-0.2, 0) is 19.6 Å². The number of hydrogen-bond acceptors (Lipinski definition) is 6. The van der Waals surface area contributed by atoms with Crippen LogP contribution in [0.5, 0.6) is 0 Å². The van der Waals surface area contributed by atoms with Crippen molar-refractivity contribution in [3.8, 4) is 0 Å². The quantitative estimate of drug-likeness (QED) is 0.618. The highest BCUT2D eigenvalue weighted by atomic mass is 32.2. The van der Waals surface area contributed by atoms with E-state index in [-0.39, 0.29) is 27.8 Å². The van der Waals surface area contributed by atoms with E-state index in [9.17, 15) is 23.1 Å². The van der Waals surface area contributed by atoms with Gasteiger partial charge < -0.3 is 10.4 Å². The summed E-state index contributed by atoms with van der Waals surface area (Å²) in [4.78, 5) is 28.1. The van der Waals surface area contributed by atoms with Crippen molar-refractivity contribution in [2.75, 3.05) is 10.0 Å².